The van der Waals surface area contributed by atoms with Crippen LogP contribution in [0.5, 0.6) is 0 Å². The molecule has 0 aromatic carbocycles. The van der Waals surface area contributed by atoms with Crippen molar-refractivity contribution in [1.29, 1.82) is 0 Å². The summed E-state index contributed by atoms with van der Waals surface area (Å²) in [4.78, 5) is 2.28. The van der Waals surface area contributed by atoms with Crippen molar-refractivity contribution < 1.29 is 0 Å². The highest BCUT2D eigenvalue weighted by Gasteiger charge is 2.07. The first-order valence-electron chi connectivity index (χ1n) is 6.10. The van der Waals surface area contributed by atoms with Gasteiger partial charge in [0.2, 0.25) is 0 Å². The number of hydrogen-bond donors (Lipinski definition) is 0. The Balaban J connectivity index is 3.94. The maximum absolute atomic E-state index is 4.17. The first kappa shape index (κ1) is 15.8. The first-order chi connectivity index (χ1) is 7.49. The van der Waals surface area contributed by atoms with E-state index < -0.39 is 0 Å². The molecule has 0 rings (SSSR count). The van der Waals surface area contributed by atoms with Crippen molar-refractivity contribution in [2.24, 2.45) is 0 Å². The molecule has 0 heterocycles. The molecule has 2 heteroatoms. The van der Waals surface area contributed by atoms with E-state index in [0.29, 0.717) is 6.04 Å². The van der Waals surface area contributed by atoms with E-state index in [1.807, 2.05) is 0 Å². The summed E-state index contributed by atoms with van der Waals surface area (Å²) in [5.41, 5.74) is 2.62. The SMILES string of the molecule is C=C(CCCCCBr)N(C)C(C)C=C(C)C. The molecular weight excluding hydrogens is 262 g/mol. The molecule has 1 unspecified atom stereocenters. The van der Waals surface area contributed by atoms with Crippen LogP contribution in [-0.2, 0) is 0 Å². The molecule has 0 aromatic rings. The van der Waals surface area contributed by atoms with Gasteiger partial charge in [-0.15, -0.1) is 0 Å². The Morgan fingerprint density at radius 3 is 2.44 bits per heavy atom. The lowest BCUT2D eigenvalue weighted by atomic mass is 10.1. The lowest BCUT2D eigenvalue weighted by Gasteiger charge is -2.27. The number of likely N-dealkylation sites (N-methyl/N-ethyl adjacent to an activating group) is 1. The predicted octanol–water partition coefficient (Wildman–Crippen LogP) is 4.74. The van der Waals surface area contributed by atoms with Crippen molar-refractivity contribution in [1.82, 2.24) is 4.90 Å². The fourth-order valence-corrected chi connectivity index (χ4v) is 2.06. The van der Waals surface area contributed by atoms with Crippen molar-refractivity contribution in [3.63, 3.8) is 0 Å². The second-order valence-electron chi connectivity index (χ2n) is 4.66. The number of halogens is 1. The normalized spacial score (nSPS) is 12.1. The molecule has 0 spiro atoms. The van der Waals surface area contributed by atoms with Crippen LogP contribution in [0.1, 0.15) is 46.5 Å². The van der Waals surface area contributed by atoms with Crippen LogP contribution in [0.15, 0.2) is 23.9 Å². The molecule has 0 N–H and O–H groups in total. The van der Waals surface area contributed by atoms with Crippen LogP contribution in [-0.4, -0.2) is 23.3 Å². The zero-order valence-corrected chi connectivity index (χ0v) is 12.8. The number of allylic oxidation sites excluding steroid dienone is 2. The van der Waals surface area contributed by atoms with Crippen molar-refractivity contribution >= 4 is 15.9 Å². The Labute approximate surface area is 110 Å². The molecule has 0 bridgehead atoms. The monoisotopic (exact) mass is 287 g/mol. The number of unbranched alkanes of at least 4 members (excludes halogenated alkanes) is 2. The van der Waals surface area contributed by atoms with E-state index in [4.69, 9.17) is 0 Å². The molecule has 0 aliphatic heterocycles. The summed E-state index contributed by atoms with van der Waals surface area (Å²) in [6.07, 6.45) is 7.19. The summed E-state index contributed by atoms with van der Waals surface area (Å²) in [5.74, 6) is 0. The fourth-order valence-electron chi connectivity index (χ4n) is 1.66. The van der Waals surface area contributed by atoms with Crippen LogP contribution >= 0.6 is 15.9 Å². The Morgan fingerprint density at radius 1 is 1.31 bits per heavy atom. The topological polar surface area (TPSA) is 3.24 Å². The molecule has 1 atom stereocenters. The minimum absolute atomic E-state index is 0.452. The van der Waals surface area contributed by atoms with Gasteiger partial charge in [0.1, 0.15) is 0 Å². The van der Waals surface area contributed by atoms with Gasteiger partial charge >= 0.3 is 0 Å². The highest BCUT2D eigenvalue weighted by Crippen LogP contribution is 2.15. The van der Waals surface area contributed by atoms with E-state index in [-0.39, 0.29) is 0 Å². The molecule has 1 nitrogen and oxygen atoms in total. The fraction of sp³-hybridized carbons (Fsp3) is 0.714. The van der Waals surface area contributed by atoms with Crippen molar-refractivity contribution in [3.8, 4) is 0 Å². The van der Waals surface area contributed by atoms with Gasteiger partial charge in [0, 0.05) is 24.1 Å². The predicted molar refractivity (Wildman–Crippen MR) is 78.1 cm³/mol. The zero-order chi connectivity index (χ0) is 12.6. The Morgan fingerprint density at radius 2 is 1.94 bits per heavy atom. The first-order valence-corrected chi connectivity index (χ1v) is 7.22. The average molecular weight is 288 g/mol. The van der Waals surface area contributed by atoms with E-state index >= 15 is 0 Å². The Bertz CT molecular complexity index is 229. The standard InChI is InChI=1S/C14H26BrN/c1-12(2)11-14(4)16(5)13(3)9-7-6-8-10-15/h11,14H,3,6-10H2,1-2,4-5H3. The molecule has 0 radical (unpaired) electrons. The summed E-state index contributed by atoms with van der Waals surface area (Å²) >= 11 is 3.46. The van der Waals surface area contributed by atoms with Gasteiger partial charge in [-0.1, -0.05) is 40.6 Å². The molecular formula is C14H26BrN. The van der Waals surface area contributed by atoms with Crippen LogP contribution in [0.25, 0.3) is 0 Å². The summed E-state index contributed by atoms with van der Waals surface area (Å²) in [6, 6.07) is 0.452. The van der Waals surface area contributed by atoms with Crippen LogP contribution in [0.2, 0.25) is 0 Å². The van der Waals surface area contributed by atoms with Gasteiger partial charge in [-0.05, 0) is 40.0 Å². The van der Waals surface area contributed by atoms with Crippen LogP contribution in [0, 0.1) is 0 Å². The number of rotatable bonds is 8. The number of hydrogen-bond acceptors (Lipinski definition) is 1. The van der Waals surface area contributed by atoms with E-state index in [9.17, 15) is 0 Å². The van der Waals surface area contributed by atoms with Crippen LogP contribution in [0.3, 0.4) is 0 Å². The van der Waals surface area contributed by atoms with Gasteiger partial charge in [0.05, 0.1) is 0 Å². The van der Waals surface area contributed by atoms with Crippen LogP contribution < -0.4 is 0 Å². The smallest absolute Gasteiger partial charge is 0.0440 e. The number of alkyl halides is 1. The van der Waals surface area contributed by atoms with Crippen molar-refractivity contribution in [2.45, 2.75) is 52.5 Å². The van der Waals surface area contributed by atoms with Gasteiger partial charge in [0.15, 0.2) is 0 Å². The summed E-state index contributed by atoms with van der Waals surface area (Å²) < 4.78 is 0. The maximum atomic E-state index is 4.17. The molecule has 0 fully saturated rings. The minimum Gasteiger partial charge on any atom is -0.372 e. The van der Waals surface area contributed by atoms with Crippen molar-refractivity contribution in [3.05, 3.63) is 23.9 Å². The summed E-state index contributed by atoms with van der Waals surface area (Å²) in [6.45, 7) is 10.7. The lowest BCUT2D eigenvalue weighted by Crippen LogP contribution is -2.26. The third kappa shape index (κ3) is 7.10. The van der Waals surface area contributed by atoms with Crippen molar-refractivity contribution in [2.75, 3.05) is 12.4 Å². The lowest BCUT2D eigenvalue weighted by molar-refractivity contribution is 0.356. The van der Waals surface area contributed by atoms with E-state index in [0.717, 1.165) is 11.8 Å². The molecule has 0 amide bonds. The molecule has 94 valence electrons. The second kappa shape index (κ2) is 8.86. The highest BCUT2D eigenvalue weighted by molar-refractivity contribution is 9.09. The van der Waals surface area contributed by atoms with E-state index in [1.165, 1.54) is 30.5 Å². The molecule has 0 saturated carbocycles. The van der Waals surface area contributed by atoms with Gasteiger partial charge in [-0.2, -0.15) is 0 Å². The number of nitrogens with zero attached hydrogens (tertiary/aromatic N) is 1. The molecule has 0 saturated heterocycles. The summed E-state index contributed by atoms with van der Waals surface area (Å²) in [5, 5.41) is 1.11. The minimum atomic E-state index is 0.452. The summed E-state index contributed by atoms with van der Waals surface area (Å²) in [7, 11) is 2.14. The Kier molecular flexibility index (Phi) is 8.73. The molecule has 0 aliphatic carbocycles. The van der Waals surface area contributed by atoms with E-state index in [1.54, 1.807) is 0 Å². The third-order valence-electron chi connectivity index (χ3n) is 2.78. The maximum Gasteiger partial charge on any atom is 0.0440 e. The third-order valence-corrected chi connectivity index (χ3v) is 3.34. The van der Waals surface area contributed by atoms with Gasteiger partial charge in [-0.3, -0.25) is 0 Å². The zero-order valence-electron chi connectivity index (χ0n) is 11.2. The van der Waals surface area contributed by atoms with Gasteiger partial charge in [-0.25, -0.2) is 0 Å². The molecule has 0 aliphatic rings. The Hall–Kier alpha value is -0.240. The second-order valence-corrected chi connectivity index (χ2v) is 5.45. The van der Waals surface area contributed by atoms with Gasteiger partial charge in [0.25, 0.3) is 0 Å². The molecule has 16 heavy (non-hydrogen) atoms. The quantitative estimate of drug-likeness (QED) is 0.354. The highest BCUT2D eigenvalue weighted by atomic mass is 79.9. The van der Waals surface area contributed by atoms with E-state index in [2.05, 4.69) is 61.3 Å². The van der Waals surface area contributed by atoms with Gasteiger partial charge < -0.3 is 4.90 Å². The molecule has 0 aromatic heterocycles. The largest absolute Gasteiger partial charge is 0.372 e. The van der Waals surface area contributed by atoms with Crippen LogP contribution in [0.4, 0.5) is 0 Å². The average Bonchev–Trinajstić information content (AvgIpc) is 2.22.